The minimum absolute atomic E-state index is 0.0631. The number of nitrogens with one attached hydrogen (secondary N) is 2. The summed E-state index contributed by atoms with van der Waals surface area (Å²) in [6, 6.07) is 15.3. The lowest BCUT2D eigenvalue weighted by molar-refractivity contribution is -0.135. The summed E-state index contributed by atoms with van der Waals surface area (Å²) in [5, 5.41) is 7.19. The van der Waals surface area contributed by atoms with Gasteiger partial charge in [-0.2, -0.15) is 0 Å². The van der Waals surface area contributed by atoms with E-state index in [0.29, 0.717) is 31.0 Å². The maximum atomic E-state index is 14.3. The van der Waals surface area contributed by atoms with Crippen molar-refractivity contribution in [2.75, 3.05) is 45.8 Å². The zero-order valence-corrected chi connectivity index (χ0v) is 29.3. The van der Waals surface area contributed by atoms with Gasteiger partial charge in [0.1, 0.15) is 6.29 Å². The number of carbonyl (C=O) groups is 3. The van der Waals surface area contributed by atoms with E-state index >= 15 is 0 Å². The molecule has 0 radical (unpaired) electrons. The number of likely N-dealkylation sites (tertiary alicyclic amines) is 2. The van der Waals surface area contributed by atoms with Gasteiger partial charge in [-0.05, 0) is 87.1 Å². The van der Waals surface area contributed by atoms with Crippen molar-refractivity contribution in [3.8, 4) is 0 Å². The second-order valence-electron chi connectivity index (χ2n) is 14.7. The molecule has 2 fully saturated rings. The van der Waals surface area contributed by atoms with Crippen molar-refractivity contribution < 1.29 is 14.4 Å². The maximum absolute atomic E-state index is 14.3. The Morgan fingerprint density at radius 3 is 2.26 bits per heavy atom. The van der Waals surface area contributed by atoms with E-state index in [4.69, 9.17) is 0 Å². The Morgan fingerprint density at radius 1 is 0.979 bits per heavy atom. The van der Waals surface area contributed by atoms with Crippen molar-refractivity contribution in [1.29, 1.82) is 0 Å². The molecule has 3 aliphatic rings. The second-order valence-corrected chi connectivity index (χ2v) is 14.7. The van der Waals surface area contributed by atoms with E-state index in [0.717, 1.165) is 77.7 Å². The highest BCUT2D eigenvalue weighted by atomic mass is 16.2. The molecular formula is C39H57N5O3. The molecule has 0 bridgehead atoms. The molecule has 256 valence electrons. The molecule has 3 atom stereocenters. The first-order valence-electron chi connectivity index (χ1n) is 18.0. The molecule has 2 aromatic rings. The number of nitrogens with zero attached hydrogens (tertiary/aromatic N) is 3. The highest BCUT2D eigenvalue weighted by molar-refractivity contribution is 5.82. The number of benzene rings is 2. The molecule has 0 spiro atoms. The van der Waals surface area contributed by atoms with Crippen molar-refractivity contribution in [2.24, 2.45) is 11.8 Å². The summed E-state index contributed by atoms with van der Waals surface area (Å²) < 4.78 is 0. The number of aldehydes is 1. The molecule has 8 nitrogen and oxygen atoms in total. The fourth-order valence-electron chi connectivity index (χ4n) is 8.15. The van der Waals surface area contributed by atoms with Crippen molar-refractivity contribution in [3.05, 3.63) is 70.3 Å². The number of carbonyl (C=O) groups excluding carboxylic acids is 3. The summed E-state index contributed by atoms with van der Waals surface area (Å²) in [4.78, 5) is 45.5. The third kappa shape index (κ3) is 8.89. The summed E-state index contributed by atoms with van der Waals surface area (Å²) in [5.74, 6) is 0.586. The van der Waals surface area contributed by atoms with Crippen LogP contribution in [0.4, 0.5) is 0 Å². The van der Waals surface area contributed by atoms with Crippen molar-refractivity contribution in [3.63, 3.8) is 0 Å². The Bertz CT molecular complexity index is 1360. The zero-order chi connectivity index (χ0) is 33.5. The van der Waals surface area contributed by atoms with Gasteiger partial charge < -0.3 is 25.2 Å². The van der Waals surface area contributed by atoms with Gasteiger partial charge in [0, 0.05) is 70.2 Å². The highest BCUT2D eigenvalue weighted by Crippen LogP contribution is 2.29. The van der Waals surface area contributed by atoms with Crippen molar-refractivity contribution in [2.45, 2.75) is 97.3 Å². The van der Waals surface area contributed by atoms with Gasteiger partial charge in [-0.3, -0.25) is 14.5 Å². The summed E-state index contributed by atoms with van der Waals surface area (Å²) in [5.41, 5.74) is 6.06. The van der Waals surface area contributed by atoms with Crippen LogP contribution in [0.1, 0.15) is 80.3 Å². The summed E-state index contributed by atoms with van der Waals surface area (Å²) in [7, 11) is 0. The quantitative estimate of drug-likeness (QED) is 0.333. The SMILES string of the molecule is CC(=O)N1CCC(N(CC(C)C)C2CCN(C(=O)C(Cc3ccc(C)cc3C)NCC(C=O)C3NCCc4ccccc43)CC2)CC1. The normalized spacial score (nSPS) is 20.7. The van der Waals surface area contributed by atoms with Crippen LogP contribution in [0.25, 0.3) is 0 Å². The Labute approximate surface area is 282 Å². The molecule has 0 aliphatic carbocycles. The van der Waals surface area contributed by atoms with Crippen LogP contribution in [0.3, 0.4) is 0 Å². The predicted molar refractivity (Wildman–Crippen MR) is 188 cm³/mol. The minimum Gasteiger partial charge on any atom is -0.343 e. The molecule has 3 heterocycles. The molecular weight excluding hydrogens is 586 g/mol. The van der Waals surface area contributed by atoms with Crippen LogP contribution >= 0.6 is 0 Å². The van der Waals surface area contributed by atoms with Crippen molar-refractivity contribution >= 4 is 18.1 Å². The lowest BCUT2D eigenvalue weighted by atomic mass is 9.86. The van der Waals surface area contributed by atoms with Gasteiger partial charge in [-0.15, -0.1) is 0 Å². The molecule has 2 aromatic carbocycles. The Kier molecular flexibility index (Phi) is 12.3. The van der Waals surface area contributed by atoms with Gasteiger partial charge in [-0.25, -0.2) is 0 Å². The first-order chi connectivity index (χ1) is 22.6. The lowest BCUT2D eigenvalue weighted by Gasteiger charge is -2.46. The van der Waals surface area contributed by atoms with Gasteiger partial charge in [-0.1, -0.05) is 61.9 Å². The standard InChI is InChI=1S/C39H57N5O3/c1-27(2)25-44(34-13-18-42(19-14-34)30(5)46)35-15-20-43(21-16-35)39(47)37(23-32-11-10-28(3)22-29(32)4)41-24-33(26-45)38-36-9-7-6-8-31(36)12-17-40-38/h6-11,22,26-27,33-35,37-38,40-41H,12-21,23-25H2,1-5H3. The summed E-state index contributed by atoms with van der Waals surface area (Å²) in [6.07, 6.45) is 6.57. The molecule has 5 rings (SSSR count). The van der Waals surface area contributed by atoms with Crippen LogP contribution in [-0.2, 0) is 27.2 Å². The molecule has 3 aliphatic heterocycles. The molecule has 2 N–H and O–H groups in total. The van der Waals surface area contributed by atoms with E-state index in [1.165, 1.54) is 27.8 Å². The van der Waals surface area contributed by atoms with Crippen LogP contribution in [0.5, 0.6) is 0 Å². The number of piperidine rings is 2. The predicted octanol–water partition coefficient (Wildman–Crippen LogP) is 4.47. The van der Waals surface area contributed by atoms with E-state index in [-0.39, 0.29) is 23.8 Å². The van der Waals surface area contributed by atoms with Gasteiger partial charge in [0.2, 0.25) is 11.8 Å². The summed E-state index contributed by atoms with van der Waals surface area (Å²) >= 11 is 0. The van der Waals surface area contributed by atoms with Gasteiger partial charge >= 0.3 is 0 Å². The van der Waals surface area contributed by atoms with E-state index < -0.39 is 6.04 Å². The average Bonchev–Trinajstić information content (AvgIpc) is 3.07. The first kappa shape index (κ1) is 35.2. The number of rotatable bonds is 12. The number of aryl methyl sites for hydroxylation is 2. The Hall–Kier alpha value is -3.07. The van der Waals surface area contributed by atoms with Crippen LogP contribution in [0, 0.1) is 25.7 Å². The van der Waals surface area contributed by atoms with Crippen LogP contribution in [-0.4, -0.2) is 96.7 Å². The van der Waals surface area contributed by atoms with Gasteiger partial charge in [0.15, 0.2) is 0 Å². The van der Waals surface area contributed by atoms with Crippen LogP contribution in [0.2, 0.25) is 0 Å². The van der Waals surface area contributed by atoms with Gasteiger partial charge in [0.05, 0.1) is 6.04 Å². The first-order valence-corrected chi connectivity index (χ1v) is 18.0. The minimum atomic E-state index is -0.406. The monoisotopic (exact) mass is 643 g/mol. The third-order valence-electron chi connectivity index (χ3n) is 10.8. The van der Waals surface area contributed by atoms with Gasteiger partial charge in [0.25, 0.3) is 0 Å². The van der Waals surface area contributed by atoms with Crippen molar-refractivity contribution in [1.82, 2.24) is 25.3 Å². The maximum Gasteiger partial charge on any atom is 0.240 e. The lowest BCUT2D eigenvalue weighted by Crippen LogP contribution is -2.56. The van der Waals surface area contributed by atoms with E-state index in [2.05, 4.69) is 84.5 Å². The second kappa shape index (κ2) is 16.4. The average molecular weight is 644 g/mol. The highest BCUT2D eigenvalue weighted by Gasteiger charge is 2.36. The Balaban J connectivity index is 1.27. The number of hydrogen-bond donors (Lipinski definition) is 2. The largest absolute Gasteiger partial charge is 0.343 e. The molecule has 0 saturated carbocycles. The number of hydrogen-bond acceptors (Lipinski definition) is 6. The number of amides is 2. The molecule has 2 saturated heterocycles. The van der Waals surface area contributed by atoms with Crippen LogP contribution in [0.15, 0.2) is 42.5 Å². The van der Waals surface area contributed by atoms with E-state index in [1.807, 2.05) is 11.0 Å². The molecule has 2 amide bonds. The van der Waals surface area contributed by atoms with E-state index in [9.17, 15) is 14.4 Å². The summed E-state index contributed by atoms with van der Waals surface area (Å²) in [6.45, 7) is 15.9. The fraction of sp³-hybridized carbons (Fsp3) is 0.615. The molecule has 3 unspecified atom stereocenters. The fourth-order valence-corrected chi connectivity index (χ4v) is 8.15. The topological polar surface area (TPSA) is 85.0 Å². The molecule has 0 aromatic heterocycles. The molecule has 47 heavy (non-hydrogen) atoms. The van der Waals surface area contributed by atoms with Crippen LogP contribution < -0.4 is 10.6 Å². The number of fused-ring (bicyclic) bond motifs is 1. The third-order valence-corrected chi connectivity index (χ3v) is 10.8. The van der Waals surface area contributed by atoms with E-state index in [1.54, 1.807) is 6.92 Å². The zero-order valence-electron chi connectivity index (χ0n) is 29.3. The smallest absolute Gasteiger partial charge is 0.240 e. The Morgan fingerprint density at radius 2 is 1.64 bits per heavy atom. The molecule has 8 heteroatoms.